The Balaban J connectivity index is 2.17. The summed E-state index contributed by atoms with van der Waals surface area (Å²) < 4.78 is 27.1. The Kier molecular flexibility index (Phi) is 5.07. The zero-order chi connectivity index (χ0) is 15.5. The number of hydrogen-bond acceptors (Lipinski definition) is 3. The van der Waals surface area contributed by atoms with Crippen LogP contribution in [0.4, 0.5) is 0 Å². The molecule has 0 saturated carbocycles. The molecule has 1 fully saturated rings. The van der Waals surface area contributed by atoms with Crippen LogP contribution in [0.15, 0.2) is 29.2 Å². The van der Waals surface area contributed by atoms with Gasteiger partial charge in [-0.2, -0.15) is 4.31 Å². The van der Waals surface area contributed by atoms with E-state index in [1.165, 1.54) is 0 Å². The highest BCUT2D eigenvalue weighted by molar-refractivity contribution is 7.89. The van der Waals surface area contributed by atoms with Crippen molar-refractivity contribution in [2.45, 2.75) is 44.6 Å². The summed E-state index contributed by atoms with van der Waals surface area (Å²) in [4.78, 5) is 0.405. The Morgan fingerprint density at radius 3 is 2.43 bits per heavy atom. The van der Waals surface area contributed by atoms with E-state index >= 15 is 0 Å². The van der Waals surface area contributed by atoms with Crippen molar-refractivity contribution in [3.05, 3.63) is 29.8 Å². The van der Waals surface area contributed by atoms with Crippen molar-refractivity contribution >= 4 is 10.0 Å². The second-order valence-electron chi connectivity index (χ2n) is 6.60. The number of hydrogen-bond donors (Lipinski definition) is 1. The maximum Gasteiger partial charge on any atom is 0.243 e. The fourth-order valence-electron chi connectivity index (χ4n) is 2.77. The third-order valence-electron chi connectivity index (χ3n) is 4.24. The van der Waals surface area contributed by atoms with Gasteiger partial charge in [0.15, 0.2) is 0 Å². The van der Waals surface area contributed by atoms with E-state index in [0.29, 0.717) is 18.0 Å². The van der Waals surface area contributed by atoms with Gasteiger partial charge < -0.3 is 5.32 Å². The zero-order valence-corrected chi connectivity index (χ0v) is 14.0. The predicted octanol–water partition coefficient (Wildman–Crippen LogP) is 2.61. The van der Waals surface area contributed by atoms with Crippen LogP contribution >= 0.6 is 0 Å². The summed E-state index contributed by atoms with van der Waals surface area (Å²) in [5, 5.41) is 3.06. The molecule has 2 rings (SSSR count). The average molecular weight is 310 g/mol. The quantitative estimate of drug-likeness (QED) is 0.930. The van der Waals surface area contributed by atoms with Crippen molar-refractivity contribution in [2.75, 3.05) is 20.1 Å². The van der Waals surface area contributed by atoms with Crippen LogP contribution in [0.1, 0.15) is 38.7 Å². The monoisotopic (exact) mass is 310 g/mol. The molecule has 0 aliphatic carbocycles. The Bertz CT molecular complexity index is 564. The first-order valence-corrected chi connectivity index (χ1v) is 9.03. The molecular weight excluding hydrogens is 284 g/mol. The molecule has 1 aromatic carbocycles. The molecule has 1 N–H and O–H groups in total. The van der Waals surface area contributed by atoms with Gasteiger partial charge in [0.25, 0.3) is 0 Å². The van der Waals surface area contributed by atoms with Crippen LogP contribution in [0.5, 0.6) is 0 Å². The summed E-state index contributed by atoms with van der Waals surface area (Å²) in [7, 11) is -1.48. The molecule has 1 saturated heterocycles. The molecule has 1 aliphatic heterocycles. The van der Waals surface area contributed by atoms with Crippen molar-refractivity contribution in [2.24, 2.45) is 5.41 Å². The van der Waals surface area contributed by atoms with Gasteiger partial charge in [0, 0.05) is 19.6 Å². The van der Waals surface area contributed by atoms with Crippen LogP contribution < -0.4 is 5.32 Å². The number of nitrogens with zero attached hydrogens (tertiary/aromatic N) is 1. The molecule has 0 aromatic heterocycles. The van der Waals surface area contributed by atoms with Crippen LogP contribution in [0, 0.1) is 5.41 Å². The minimum absolute atomic E-state index is 0.237. The molecular formula is C16H26N2O2S. The number of sulfonamides is 1. The third-order valence-corrected chi connectivity index (χ3v) is 6.15. The average Bonchev–Trinajstić information content (AvgIpc) is 2.61. The minimum atomic E-state index is -3.35. The summed E-state index contributed by atoms with van der Waals surface area (Å²) in [5.41, 5.74) is 1.33. The second-order valence-corrected chi connectivity index (χ2v) is 8.53. The van der Waals surface area contributed by atoms with E-state index in [9.17, 15) is 8.42 Å². The summed E-state index contributed by atoms with van der Waals surface area (Å²) >= 11 is 0. The van der Waals surface area contributed by atoms with Gasteiger partial charge in [-0.15, -0.1) is 0 Å². The standard InChI is InChI=1S/C16H26N2O2S/c1-16(2)9-4-11-18(12-10-16)21(19,20)15-7-5-14(6-8-15)13-17-3/h5-8,17H,4,9-13H2,1-3H3. The van der Waals surface area contributed by atoms with Gasteiger partial charge in [0.2, 0.25) is 10.0 Å². The van der Waals surface area contributed by atoms with Gasteiger partial charge in [-0.3, -0.25) is 0 Å². The molecule has 0 spiro atoms. The van der Waals surface area contributed by atoms with Crippen LogP contribution in [-0.2, 0) is 16.6 Å². The maximum absolute atomic E-state index is 12.7. The second kappa shape index (κ2) is 6.46. The Morgan fingerprint density at radius 1 is 1.14 bits per heavy atom. The molecule has 1 aliphatic rings. The van der Waals surface area contributed by atoms with Gasteiger partial charge in [-0.25, -0.2) is 8.42 Å². The van der Waals surface area contributed by atoms with Crippen LogP contribution in [-0.4, -0.2) is 32.9 Å². The molecule has 0 radical (unpaired) electrons. The molecule has 5 heteroatoms. The van der Waals surface area contributed by atoms with E-state index in [2.05, 4.69) is 19.2 Å². The molecule has 1 heterocycles. The van der Waals surface area contributed by atoms with Crippen molar-refractivity contribution in [1.82, 2.24) is 9.62 Å². The topological polar surface area (TPSA) is 49.4 Å². The van der Waals surface area contributed by atoms with E-state index in [-0.39, 0.29) is 5.41 Å². The van der Waals surface area contributed by atoms with E-state index in [4.69, 9.17) is 0 Å². The van der Waals surface area contributed by atoms with Gasteiger partial charge in [-0.1, -0.05) is 26.0 Å². The lowest BCUT2D eigenvalue weighted by molar-refractivity contribution is 0.315. The van der Waals surface area contributed by atoms with Crippen molar-refractivity contribution < 1.29 is 8.42 Å². The molecule has 0 bridgehead atoms. The highest BCUT2D eigenvalue weighted by atomic mass is 32.2. The van der Waals surface area contributed by atoms with E-state index in [1.54, 1.807) is 16.4 Å². The maximum atomic E-state index is 12.7. The number of nitrogens with one attached hydrogen (secondary N) is 1. The minimum Gasteiger partial charge on any atom is -0.316 e. The molecule has 4 nitrogen and oxygen atoms in total. The number of benzene rings is 1. The smallest absolute Gasteiger partial charge is 0.243 e. The first-order chi connectivity index (χ1) is 9.85. The molecule has 0 amide bonds. The van der Waals surface area contributed by atoms with Crippen LogP contribution in [0.3, 0.4) is 0 Å². The highest BCUT2D eigenvalue weighted by Crippen LogP contribution is 2.31. The Hall–Kier alpha value is -0.910. The summed E-state index contributed by atoms with van der Waals surface area (Å²) in [6.07, 6.45) is 2.94. The van der Waals surface area contributed by atoms with Crippen molar-refractivity contribution in [3.8, 4) is 0 Å². The summed E-state index contributed by atoms with van der Waals surface area (Å²) in [6.45, 7) is 6.43. The predicted molar refractivity (Wildman–Crippen MR) is 85.6 cm³/mol. The molecule has 0 atom stereocenters. The summed E-state index contributed by atoms with van der Waals surface area (Å²) in [6, 6.07) is 7.20. The van der Waals surface area contributed by atoms with E-state index in [0.717, 1.165) is 31.4 Å². The number of rotatable bonds is 4. The normalized spacial score (nSPS) is 20.1. The lowest BCUT2D eigenvalue weighted by Crippen LogP contribution is -2.32. The Morgan fingerprint density at radius 2 is 1.81 bits per heavy atom. The van der Waals surface area contributed by atoms with Crippen molar-refractivity contribution in [3.63, 3.8) is 0 Å². The van der Waals surface area contributed by atoms with Crippen molar-refractivity contribution in [1.29, 1.82) is 0 Å². The lowest BCUT2D eigenvalue weighted by atomic mass is 9.85. The van der Waals surface area contributed by atoms with Gasteiger partial charge in [0.05, 0.1) is 4.90 Å². The van der Waals surface area contributed by atoms with Gasteiger partial charge >= 0.3 is 0 Å². The molecule has 1 aromatic rings. The third kappa shape index (κ3) is 4.05. The van der Waals surface area contributed by atoms with Gasteiger partial charge in [-0.05, 0) is 49.4 Å². The van der Waals surface area contributed by atoms with E-state index in [1.807, 2.05) is 19.2 Å². The molecule has 21 heavy (non-hydrogen) atoms. The zero-order valence-electron chi connectivity index (χ0n) is 13.2. The van der Waals surface area contributed by atoms with Crippen LogP contribution in [0.2, 0.25) is 0 Å². The fourth-order valence-corrected chi connectivity index (χ4v) is 4.25. The highest BCUT2D eigenvalue weighted by Gasteiger charge is 2.30. The van der Waals surface area contributed by atoms with Gasteiger partial charge in [0.1, 0.15) is 0 Å². The molecule has 118 valence electrons. The van der Waals surface area contributed by atoms with Crippen LogP contribution in [0.25, 0.3) is 0 Å². The summed E-state index contributed by atoms with van der Waals surface area (Å²) in [5.74, 6) is 0. The first kappa shape index (κ1) is 16.5. The largest absolute Gasteiger partial charge is 0.316 e. The SMILES string of the molecule is CNCc1ccc(S(=O)(=O)N2CCCC(C)(C)CC2)cc1. The van der Waals surface area contributed by atoms with E-state index < -0.39 is 10.0 Å². The fraction of sp³-hybridized carbons (Fsp3) is 0.625. The lowest BCUT2D eigenvalue weighted by Gasteiger charge is -2.23. The molecule has 0 unspecified atom stereocenters. The Labute approximate surface area is 128 Å². The first-order valence-electron chi connectivity index (χ1n) is 7.59.